The number of carbonyl (C=O) groups is 4. The minimum atomic E-state index is -0.668. The number of nitrogens with zero attached hydrogens (tertiary/aromatic N) is 1. The Morgan fingerprint density at radius 2 is 1.42 bits per heavy atom. The molecule has 3 aromatic carbocycles. The maximum Gasteiger partial charge on any atom is 0.338 e. The molecule has 0 aliphatic carbocycles. The fourth-order valence-corrected chi connectivity index (χ4v) is 3.63. The number of nitrogens with two attached hydrogens (primary N) is 1. The second-order valence-corrected chi connectivity index (χ2v) is 10.2. The van der Waals surface area contributed by atoms with Crippen molar-refractivity contribution in [2.45, 2.75) is 20.3 Å². The quantitative estimate of drug-likeness (QED) is 0.0684. The predicted octanol–water partition coefficient (Wildman–Crippen LogP) is 4.46. The Labute approximate surface area is 314 Å². The molecule has 2 aromatic heterocycles. The molecule has 17 nitrogen and oxygen atoms in total. The summed E-state index contributed by atoms with van der Waals surface area (Å²) in [5, 5.41) is 54.1. The summed E-state index contributed by atoms with van der Waals surface area (Å²) in [7, 11) is 2.75. The number of hydrogen-bond donors (Lipinski definition) is 7. The number of aldehydes is 1. The van der Waals surface area contributed by atoms with Crippen LogP contribution >= 0.6 is 0 Å². The van der Waals surface area contributed by atoms with Crippen LogP contribution in [0.1, 0.15) is 61.0 Å². The number of phenolic OH excluding ortho intramolecular Hbond substituents is 5. The van der Waals surface area contributed by atoms with Crippen molar-refractivity contribution >= 4 is 24.1 Å². The van der Waals surface area contributed by atoms with E-state index in [-0.39, 0.29) is 34.8 Å². The Balaban J connectivity index is 0.000000346. The van der Waals surface area contributed by atoms with Gasteiger partial charge in [0.05, 0.1) is 43.8 Å². The molecular weight excluding hydrogens is 724 g/mol. The van der Waals surface area contributed by atoms with Gasteiger partial charge in [-0.1, -0.05) is 6.92 Å². The Morgan fingerprint density at radius 3 is 1.87 bits per heavy atom. The molecule has 0 saturated carbocycles. The maximum absolute atomic E-state index is 11.1. The molecule has 5 rings (SSSR count). The smallest absolute Gasteiger partial charge is 0.338 e. The van der Waals surface area contributed by atoms with Gasteiger partial charge in [0.25, 0.3) is 0 Å². The highest BCUT2D eigenvalue weighted by Gasteiger charge is 2.14. The van der Waals surface area contributed by atoms with E-state index in [0.29, 0.717) is 40.9 Å². The molecule has 0 aliphatic rings. The third kappa shape index (κ3) is 15.7. The lowest BCUT2D eigenvalue weighted by Crippen LogP contribution is -2.10. The number of ether oxygens (including phenoxy) is 3. The molecule has 0 radical (unpaired) electrons. The number of esters is 2. The first kappa shape index (κ1) is 45.5. The second kappa shape index (κ2) is 23.8. The summed E-state index contributed by atoms with van der Waals surface area (Å²) in [6.07, 6.45) is 5.53. The number of hydrogen-bond acceptors (Lipinski definition) is 16. The minimum Gasteiger partial charge on any atom is -0.508 e. The normalized spacial score (nSPS) is 9.38. The zero-order valence-electron chi connectivity index (χ0n) is 30.0. The third-order valence-corrected chi connectivity index (χ3v) is 6.40. The largest absolute Gasteiger partial charge is 0.508 e. The zero-order chi connectivity index (χ0) is 41.5. The Hall–Kier alpha value is -7.56. The van der Waals surface area contributed by atoms with Crippen molar-refractivity contribution in [2.24, 2.45) is 5.73 Å². The van der Waals surface area contributed by atoms with Crippen LogP contribution in [0.3, 0.4) is 0 Å². The fraction of sp³-hybridized carbons (Fsp3) is 0.158. The number of pyridine rings is 1. The Kier molecular flexibility index (Phi) is 19.7. The molecule has 0 aliphatic heterocycles. The van der Waals surface area contributed by atoms with Crippen molar-refractivity contribution in [3.05, 3.63) is 130 Å². The molecule has 0 saturated heterocycles. The lowest BCUT2D eigenvalue weighted by Gasteiger charge is -2.04. The van der Waals surface area contributed by atoms with E-state index in [0.717, 1.165) is 12.1 Å². The van der Waals surface area contributed by atoms with E-state index in [1.807, 2.05) is 0 Å². The number of aromatic nitrogens is 1. The summed E-state index contributed by atoms with van der Waals surface area (Å²) in [6, 6.07) is 16.8. The third-order valence-electron chi connectivity index (χ3n) is 6.40. The fourth-order valence-electron chi connectivity index (χ4n) is 3.63. The second-order valence-electron chi connectivity index (χ2n) is 10.2. The van der Waals surface area contributed by atoms with E-state index in [1.54, 1.807) is 32.2 Å². The molecule has 0 bridgehead atoms. The van der Waals surface area contributed by atoms with Crippen molar-refractivity contribution in [3.63, 3.8) is 0 Å². The van der Waals surface area contributed by atoms with Crippen LogP contribution in [0.4, 0.5) is 0 Å². The Bertz CT molecular complexity index is 2030. The van der Waals surface area contributed by atoms with Crippen LogP contribution in [0.25, 0.3) is 0 Å². The van der Waals surface area contributed by atoms with E-state index in [4.69, 9.17) is 45.5 Å². The number of amides is 1. The summed E-state index contributed by atoms with van der Waals surface area (Å²) >= 11 is 0. The first-order valence-electron chi connectivity index (χ1n) is 15.7. The summed E-state index contributed by atoms with van der Waals surface area (Å²) in [6.45, 7) is 3.64. The number of rotatable bonds is 7. The van der Waals surface area contributed by atoms with Crippen molar-refractivity contribution < 1.29 is 68.4 Å². The van der Waals surface area contributed by atoms with Crippen LogP contribution < -0.4 is 15.9 Å². The molecule has 0 spiro atoms. The molecule has 2 heterocycles. The molecular formula is C38H40N2O15. The van der Waals surface area contributed by atoms with E-state index in [1.165, 1.54) is 75.2 Å². The molecule has 0 atom stereocenters. The van der Waals surface area contributed by atoms with Gasteiger partial charge in [0.1, 0.15) is 17.8 Å². The number of phenols is 5. The van der Waals surface area contributed by atoms with Gasteiger partial charge in [-0.2, -0.15) is 0 Å². The van der Waals surface area contributed by atoms with Gasteiger partial charge in [-0.15, -0.1) is 0 Å². The predicted molar refractivity (Wildman–Crippen MR) is 196 cm³/mol. The summed E-state index contributed by atoms with van der Waals surface area (Å²) in [4.78, 5) is 57.0. The number of carbonyl (C=O) groups excluding carboxylic acids is 4. The topological polar surface area (TPSA) is 286 Å². The van der Waals surface area contributed by atoms with Crippen LogP contribution in [0.15, 0.2) is 101 Å². The average molecular weight is 765 g/mol. The number of benzene rings is 3. The molecule has 0 unspecified atom stereocenters. The van der Waals surface area contributed by atoms with Gasteiger partial charge in [0.2, 0.25) is 17.1 Å². The first-order valence-corrected chi connectivity index (χ1v) is 15.7. The van der Waals surface area contributed by atoms with Crippen molar-refractivity contribution in [3.8, 4) is 40.2 Å². The van der Waals surface area contributed by atoms with Crippen LogP contribution in [-0.4, -0.2) is 80.6 Å². The zero-order valence-corrected chi connectivity index (χ0v) is 30.0. The lowest BCUT2D eigenvalue weighted by atomic mass is 10.2. The van der Waals surface area contributed by atoms with Gasteiger partial charge in [0, 0.05) is 30.4 Å². The number of aryl methyl sites for hydroxylation is 1. The van der Waals surface area contributed by atoms with E-state index in [9.17, 15) is 24.0 Å². The molecule has 55 heavy (non-hydrogen) atoms. The molecule has 8 N–H and O–H groups in total. The summed E-state index contributed by atoms with van der Waals surface area (Å²) in [5.41, 5.74) is 5.90. The van der Waals surface area contributed by atoms with Crippen molar-refractivity contribution in [1.29, 1.82) is 0 Å². The van der Waals surface area contributed by atoms with E-state index < -0.39 is 35.1 Å². The van der Waals surface area contributed by atoms with E-state index in [2.05, 4.69) is 14.5 Å². The highest BCUT2D eigenvalue weighted by atomic mass is 16.5. The average Bonchev–Trinajstić information content (AvgIpc) is 3.19. The molecule has 0 fully saturated rings. The summed E-state index contributed by atoms with van der Waals surface area (Å²) in [5.74, 6) is -2.73. The van der Waals surface area contributed by atoms with Crippen LogP contribution in [-0.2, 0) is 15.9 Å². The van der Waals surface area contributed by atoms with Crippen LogP contribution in [0.5, 0.6) is 40.2 Å². The monoisotopic (exact) mass is 764 g/mol. The van der Waals surface area contributed by atoms with Crippen molar-refractivity contribution in [1.82, 2.24) is 4.98 Å². The maximum atomic E-state index is 11.1. The van der Waals surface area contributed by atoms with Crippen molar-refractivity contribution in [2.75, 3.05) is 20.8 Å². The lowest BCUT2D eigenvalue weighted by molar-refractivity contribution is 0.0524. The molecule has 17 heteroatoms. The van der Waals surface area contributed by atoms with Gasteiger partial charge in [-0.05, 0) is 73.7 Å². The molecule has 5 aromatic rings. The Morgan fingerprint density at radius 1 is 0.782 bits per heavy atom. The molecule has 292 valence electrons. The highest BCUT2D eigenvalue weighted by Crippen LogP contribution is 2.35. The number of methoxy groups -OCH3 is 2. The van der Waals surface area contributed by atoms with E-state index >= 15 is 0 Å². The first-order chi connectivity index (χ1) is 26.1. The van der Waals surface area contributed by atoms with Gasteiger partial charge < -0.3 is 55.0 Å². The molecule has 1 amide bonds. The SMILES string of the molecule is CCOC(=O)c1cc(O)c(O)c(O)c1.CCc1occc(=O)c1O.COC(=O)c1ccc(O)cc1.COc1cc(C=O)ccc1O.NC(=O)c1cccnc1. The van der Waals surface area contributed by atoms with Gasteiger partial charge in [0.15, 0.2) is 28.7 Å². The van der Waals surface area contributed by atoms with Crippen LogP contribution in [0, 0.1) is 0 Å². The minimum absolute atomic E-state index is 0.0142. The van der Waals surface area contributed by atoms with Gasteiger partial charge in [-0.25, -0.2) is 9.59 Å². The van der Waals surface area contributed by atoms with Gasteiger partial charge in [-0.3, -0.25) is 19.4 Å². The summed E-state index contributed by atoms with van der Waals surface area (Å²) < 4.78 is 18.7. The highest BCUT2D eigenvalue weighted by molar-refractivity contribution is 5.92. The van der Waals surface area contributed by atoms with Gasteiger partial charge >= 0.3 is 11.9 Å². The number of aromatic hydroxyl groups is 6. The number of primary amides is 1. The van der Waals surface area contributed by atoms with Crippen LogP contribution in [0.2, 0.25) is 0 Å². The standard InChI is InChI=1S/C9H10O5.2C8H8O3.C7H8O3.C6H6N2O/c1-2-14-9(13)5-3-6(10)8(12)7(11)4-5;1-11-8(10)6-2-4-7(9)5-3-6;1-11-8-4-6(5-9)2-3-7(8)10;1-2-6-7(9)5(8)3-4-10-6;7-6(9)5-2-1-3-8-4-5/h3-4,10-12H,2H2,1H3;2-5,9H,1H3;2-5,10H,1H3;3-4,9H,2H2,1H3;1-4H,(H2,7,9).